The van der Waals surface area contributed by atoms with Gasteiger partial charge in [-0.3, -0.25) is 19.3 Å². The van der Waals surface area contributed by atoms with E-state index in [2.05, 4.69) is 21.9 Å². The number of benzene rings is 3. The van der Waals surface area contributed by atoms with Crippen molar-refractivity contribution >= 4 is 80.9 Å². The third-order valence-electron chi connectivity index (χ3n) is 7.01. The van der Waals surface area contributed by atoms with Gasteiger partial charge >= 0.3 is 0 Å². The molecule has 5 rings (SSSR count). The number of carbonyl (C=O) groups is 3. The molecule has 10 heteroatoms. The number of allylic oxidation sites excluding steroid dienone is 1. The number of imide groups is 1. The second kappa shape index (κ2) is 13.3. The highest BCUT2D eigenvalue weighted by molar-refractivity contribution is 8.23. The van der Waals surface area contributed by atoms with Crippen LogP contribution in [0.1, 0.15) is 27.9 Å². The minimum absolute atomic E-state index is 0.0880. The van der Waals surface area contributed by atoms with Crippen LogP contribution in [-0.4, -0.2) is 63.1 Å². The minimum atomic E-state index is -0.562. The van der Waals surface area contributed by atoms with E-state index in [9.17, 15) is 14.4 Å². The van der Waals surface area contributed by atoms with Crippen molar-refractivity contribution < 1.29 is 14.4 Å². The molecule has 2 saturated heterocycles. The van der Waals surface area contributed by atoms with Crippen molar-refractivity contribution in [2.75, 3.05) is 31.1 Å². The molecule has 0 spiro atoms. The number of halogens is 2. The molecule has 2 aliphatic heterocycles. The maximum atomic E-state index is 13.2. The monoisotopic (exact) mass is 623 g/mol. The Morgan fingerprint density at radius 1 is 0.927 bits per heavy atom. The van der Waals surface area contributed by atoms with Crippen molar-refractivity contribution in [3.05, 3.63) is 106 Å². The fourth-order valence-corrected chi connectivity index (χ4v) is 6.60. The Morgan fingerprint density at radius 3 is 2.32 bits per heavy atom. The van der Waals surface area contributed by atoms with E-state index < -0.39 is 5.25 Å². The van der Waals surface area contributed by atoms with Crippen molar-refractivity contribution in [2.45, 2.75) is 18.2 Å². The van der Waals surface area contributed by atoms with Crippen LogP contribution in [0.4, 0.5) is 5.69 Å². The SMILES string of the molecule is O=C(/C=C/c1ccc(Cl)c(Cl)c1)c1ccc(N2C(=O)CC(SC(=S)N3CCN(Cc4ccccc4)CC3)C2=O)cc1. The summed E-state index contributed by atoms with van der Waals surface area (Å²) in [6, 6.07) is 21.9. The van der Waals surface area contributed by atoms with Crippen molar-refractivity contribution in [3.8, 4) is 0 Å². The molecule has 0 aromatic heterocycles. The van der Waals surface area contributed by atoms with Gasteiger partial charge in [-0.05, 0) is 53.6 Å². The third-order valence-corrected chi connectivity index (χ3v) is 9.41. The van der Waals surface area contributed by atoms with E-state index in [-0.39, 0.29) is 24.0 Å². The normalized spacial score (nSPS) is 18.0. The first-order chi connectivity index (χ1) is 19.8. The average Bonchev–Trinajstić information content (AvgIpc) is 3.26. The molecule has 2 aliphatic rings. The Morgan fingerprint density at radius 2 is 1.63 bits per heavy atom. The summed E-state index contributed by atoms with van der Waals surface area (Å²) in [5.41, 5.74) is 2.90. The standard InChI is InChI=1S/C31H27Cl2N3O3S2/c32-25-12-6-21(18-26(25)33)7-13-27(37)23-8-10-24(11-9-23)36-29(38)19-28(30(36)39)41-31(40)35-16-14-34(15-17-35)20-22-4-2-1-3-5-22/h1-13,18,28H,14-17,19-20H2/b13-7+. The van der Waals surface area contributed by atoms with Gasteiger partial charge in [0, 0.05) is 44.7 Å². The Labute approximate surface area is 258 Å². The lowest BCUT2D eigenvalue weighted by Gasteiger charge is -2.36. The van der Waals surface area contributed by atoms with E-state index in [1.54, 1.807) is 48.5 Å². The lowest BCUT2D eigenvalue weighted by molar-refractivity contribution is -0.121. The lowest BCUT2D eigenvalue weighted by Crippen LogP contribution is -2.47. The Balaban J connectivity index is 1.14. The number of thiocarbonyl (C=S) groups is 1. The van der Waals surface area contributed by atoms with Gasteiger partial charge in [-0.15, -0.1) is 0 Å². The first-order valence-electron chi connectivity index (χ1n) is 13.1. The van der Waals surface area contributed by atoms with Crippen molar-refractivity contribution in [2.24, 2.45) is 0 Å². The minimum Gasteiger partial charge on any atom is -0.355 e. The number of ketones is 1. The van der Waals surface area contributed by atoms with E-state index in [0.29, 0.717) is 25.6 Å². The highest BCUT2D eigenvalue weighted by Crippen LogP contribution is 2.32. The lowest BCUT2D eigenvalue weighted by atomic mass is 10.1. The van der Waals surface area contributed by atoms with E-state index in [0.717, 1.165) is 38.3 Å². The predicted octanol–water partition coefficient (Wildman–Crippen LogP) is 6.36. The number of nitrogens with zero attached hydrogens (tertiary/aromatic N) is 3. The van der Waals surface area contributed by atoms with Crippen molar-refractivity contribution in [3.63, 3.8) is 0 Å². The Hall–Kier alpha value is -3.01. The van der Waals surface area contributed by atoms with Crippen LogP contribution < -0.4 is 4.90 Å². The molecule has 3 aromatic rings. The first kappa shape index (κ1) is 29.5. The van der Waals surface area contributed by atoms with Gasteiger partial charge in [0.15, 0.2) is 5.78 Å². The molecule has 1 unspecified atom stereocenters. The van der Waals surface area contributed by atoms with E-state index in [1.165, 1.54) is 28.3 Å². The summed E-state index contributed by atoms with van der Waals surface area (Å²) in [7, 11) is 0. The molecule has 210 valence electrons. The topological polar surface area (TPSA) is 60.9 Å². The molecular weight excluding hydrogens is 597 g/mol. The highest BCUT2D eigenvalue weighted by atomic mass is 35.5. The van der Waals surface area contributed by atoms with E-state index in [4.69, 9.17) is 35.4 Å². The number of carbonyl (C=O) groups excluding carboxylic acids is 3. The van der Waals surface area contributed by atoms with Crippen LogP contribution >= 0.6 is 47.2 Å². The predicted molar refractivity (Wildman–Crippen MR) is 171 cm³/mol. The molecule has 0 radical (unpaired) electrons. The van der Waals surface area contributed by atoms with Gasteiger partial charge in [0.05, 0.1) is 15.7 Å². The number of piperazine rings is 1. The molecule has 0 bridgehead atoms. The molecule has 6 nitrogen and oxygen atoms in total. The maximum Gasteiger partial charge on any atom is 0.247 e. The van der Waals surface area contributed by atoms with Gasteiger partial charge in [0.25, 0.3) is 0 Å². The zero-order chi connectivity index (χ0) is 28.9. The molecule has 0 aliphatic carbocycles. The summed E-state index contributed by atoms with van der Waals surface area (Å²) >= 11 is 18.9. The van der Waals surface area contributed by atoms with Crippen molar-refractivity contribution in [1.82, 2.24) is 9.80 Å². The van der Waals surface area contributed by atoms with Crippen LogP contribution in [0.5, 0.6) is 0 Å². The number of hydrogen-bond acceptors (Lipinski definition) is 6. The van der Waals surface area contributed by atoms with Crippen molar-refractivity contribution in [1.29, 1.82) is 0 Å². The summed E-state index contributed by atoms with van der Waals surface area (Å²) in [5, 5.41) is 0.286. The molecule has 2 fully saturated rings. The van der Waals surface area contributed by atoms with Gasteiger partial charge in [0.2, 0.25) is 11.8 Å². The molecule has 1 atom stereocenters. The van der Waals surface area contributed by atoms with Gasteiger partial charge in [0.1, 0.15) is 9.57 Å². The largest absolute Gasteiger partial charge is 0.355 e. The number of amides is 2. The van der Waals surface area contributed by atoms with E-state index >= 15 is 0 Å². The first-order valence-corrected chi connectivity index (χ1v) is 15.2. The zero-order valence-corrected chi connectivity index (χ0v) is 25.2. The van der Waals surface area contributed by atoms with Crippen LogP contribution in [0, 0.1) is 0 Å². The smallest absolute Gasteiger partial charge is 0.247 e. The summed E-state index contributed by atoms with van der Waals surface area (Å²) in [4.78, 5) is 44.4. The molecule has 2 heterocycles. The molecule has 2 amide bonds. The highest BCUT2D eigenvalue weighted by Gasteiger charge is 2.41. The fourth-order valence-electron chi connectivity index (χ4n) is 4.75. The third kappa shape index (κ3) is 7.26. The Kier molecular flexibility index (Phi) is 9.57. The summed E-state index contributed by atoms with van der Waals surface area (Å²) in [6.45, 7) is 4.23. The van der Waals surface area contributed by atoms with Gasteiger partial charge in [-0.25, -0.2) is 4.90 Å². The van der Waals surface area contributed by atoms with Gasteiger partial charge < -0.3 is 4.90 Å². The average molecular weight is 625 g/mol. The molecule has 0 saturated carbocycles. The fraction of sp³-hybridized carbons (Fsp3) is 0.226. The van der Waals surface area contributed by atoms with Gasteiger partial charge in [-0.2, -0.15) is 0 Å². The Bertz CT molecular complexity index is 1490. The number of anilines is 1. The second-order valence-electron chi connectivity index (χ2n) is 9.81. The summed E-state index contributed by atoms with van der Waals surface area (Å²) in [6.07, 6.45) is 3.18. The molecule has 0 N–H and O–H groups in total. The molecule has 3 aromatic carbocycles. The number of thioether (sulfide) groups is 1. The van der Waals surface area contributed by atoms with Crippen LogP contribution in [0.2, 0.25) is 10.0 Å². The summed E-state index contributed by atoms with van der Waals surface area (Å²) < 4.78 is 0.645. The van der Waals surface area contributed by atoms with Crippen LogP contribution in [-0.2, 0) is 16.1 Å². The van der Waals surface area contributed by atoms with Crippen LogP contribution in [0.3, 0.4) is 0 Å². The quantitative estimate of drug-likeness (QED) is 0.131. The number of hydrogen-bond donors (Lipinski definition) is 0. The number of rotatable bonds is 7. The van der Waals surface area contributed by atoms with Crippen LogP contribution in [0.25, 0.3) is 6.08 Å². The molecule has 41 heavy (non-hydrogen) atoms. The van der Waals surface area contributed by atoms with E-state index in [1.807, 2.05) is 18.2 Å². The van der Waals surface area contributed by atoms with Gasteiger partial charge in [-0.1, -0.05) is 89.7 Å². The summed E-state index contributed by atoms with van der Waals surface area (Å²) in [5.74, 6) is -0.783. The maximum absolute atomic E-state index is 13.2. The van der Waals surface area contributed by atoms with Crippen LogP contribution in [0.15, 0.2) is 78.9 Å². The molecular formula is C31H27Cl2N3O3S2. The zero-order valence-electron chi connectivity index (χ0n) is 22.0. The second-order valence-corrected chi connectivity index (χ2v) is 12.5.